The third-order valence-corrected chi connectivity index (χ3v) is 5.76. The highest BCUT2D eigenvalue weighted by Gasteiger charge is 2.26. The van der Waals surface area contributed by atoms with Gasteiger partial charge in [-0.15, -0.1) is 0 Å². The molecule has 7 heteroatoms. The third-order valence-electron chi connectivity index (χ3n) is 5.76. The highest BCUT2D eigenvalue weighted by molar-refractivity contribution is 5.81. The average molecular weight is 470 g/mol. The maximum Gasteiger partial charge on any atom is 0.132 e. The number of benzene rings is 2. The van der Waals surface area contributed by atoms with Crippen molar-refractivity contribution in [2.45, 2.75) is 26.7 Å². The molecule has 1 aliphatic carbocycles. The predicted octanol–water partition coefficient (Wildman–Crippen LogP) is 5.35. The van der Waals surface area contributed by atoms with Gasteiger partial charge in [0.15, 0.2) is 0 Å². The fraction of sp³-hybridized carbons (Fsp3) is 0.321. The van der Waals surface area contributed by atoms with Gasteiger partial charge in [-0.25, -0.2) is 9.97 Å². The standard InChI is InChI=1S/C26H25N5O2.C2H6/c1-30-17-27-15-21(30)7-6-19-14-28-25-9-8-20(12-26(25)29-19)31(16-18-4-5-18)22-10-23(32-2)13-24(11-22)33-3;1-2/h8-15,17-18H,4-5,16H2,1-3H3;1-2H3. The first-order valence-electron chi connectivity index (χ1n) is 11.9. The minimum Gasteiger partial charge on any atom is -0.497 e. The molecule has 4 aromatic rings. The number of imidazole rings is 1. The Kier molecular flexibility index (Phi) is 7.51. The molecule has 2 aromatic carbocycles. The van der Waals surface area contributed by atoms with E-state index in [1.165, 1.54) is 12.8 Å². The molecule has 1 fully saturated rings. The SMILES string of the molecule is CC.COc1cc(OC)cc(N(CC2CC2)c2ccc3ncc(C#Cc4cncn4C)nc3c2)c1. The number of hydrogen-bond acceptors (Lipinski definition) is 6. The number of nitrogens with zero attached hydrogens (tertiary/aromatic N) is 5. The van der Waals surface area contributed by atoms with Gasteiger partial charge >= 0.3 is 0 Å². The molecule has 5 rings (SSSR count). The molecule has 2 heterocycles. The molecule has 35 heavy (non-hydrogen) atoms. The first kappa shape index (κ1) is 24.1. The average Bonchev–Trinajstić information content (AvgIpc) is 3.64. The Bertz CT molecular complexity index is 1340. The molecule has 7 nitrogen and oxygen atoms in total. The second kappa shape index (κ2) is 10.9. The van der Waals surface area contributed by atoms with Gasteiger partial charge in [-0.3, -0.25) is 4.98 Å². The van der Waals surface area contributed by atoms with E-state index in [1.54, 1.807) is 32.9 Å². The monoisotopic (exact) mass is 469 g/mol. The molecule has 0 atom stereocenters. The highest BCUT2D eigenvalue weighted by Crippen LogP contribution is 2.38. The van der Waals surface area contributed by atoms with Crippen LogP contribution in [-0.4, -0.2) is 40.3 Å². The quantitative estimate of drug-likeness (QED) is 0.355. The molecule has 0 saturated heterocycles. The smallest absolute Gasteiger partial charge is 0.132 e. The van der Waals surface area contributed by atoms with Gasteiger partial charge in [-0.05, 0) is 48.8 Å². The van der Waals surface area contributed by atoms with Crippen molar-refractivity contribution in [2.75, 3.05) is 25.7 Å². The van der Waals surface area contributed by atoms with Crippen molar-refractivity contribution in [3.05, 3.63) is 66.5 Å². The number of methoxy groups -OCH3 is 2. The first-order valence-corrected chi connectivity index (χ1v) is 11.9. The maximum atomic E-state index is 5.51. The molecule has 0 unspecified atom stereocenters. The van der Waals surface area contributed by atoms with E-state index in [9.17, 15) is 0 Å². The number of anilines is 2. The molecule has 2 aromatic heterocycles. The lowest BCUT2D eigenvalue weighted by atomic mass is 10.2. The summed E-state index contributed by atoms with van der Waals surface area (Å²) in [5.41, 5.74) is 5.17. The minimum atomic E-state index is 0.623. The van der Waals surface area contributed by atoms with E-state index in [1.807, 2.05) is 49.7 Å². The zero-order valence-corrected chi connectivity index (χ0v) is 20.9. The predicted molar refractivity (Wildman–Crippen MR) is 139 cm³/mol. The lowest BCUT2D eigenvalue weighted by molar-refractivity contribution is 0.394. The van der Waals surface area contributed by atoms with Crippen molar-refractivity contribution in [3.63, 3.8) is 0 Å². The molecule has 0 spiro atoms. The van der Waals surface area contributed by atoms with Crippen LogP contribution in [0.25, 0.3) is 11.0 Å². The van der Waals surface area contributed by atoms with Crippen LogP contribution in [0.4, 0.5) is 11.4 Å². The molecular formula is C28H31N5O2. The van der Waals surface area contributed by atoms with Gasteiger partial charge in [0.2, 0.25) is 0 Å². The van der Waals surface area contributed by atoms with Gasteiger partial charge in [0, 0.05) is 43.2 Å². The Morgan fingerprint density at radius 3 is 2.31 bits per heavy atom. The van der Waals surface area contributed by atoms with Crippen molar-refractivity contribution in [3.8, 4) is 23.3 Å². The Hall–Kier alpha value is -4.05. The Morgan fingerprint density at radius 2 is 1.69 bits per heavy atom. The minimum absolute atomic E-state index is 0.623. The van der Waals surface area contributed by atoms with Gasteiger partial charge in [0.05, 0.1) is 44.0 Å². The molecule has 0 bridgehead atoms. The van der Waals surface area contributed by atoms with Gasteiger partial charge in [0.25, 0.3) is 0 Å². The Balaban J connectivity index is 0.00000141. The summed E-state index contributed by atoms with van der Waals surface area (Å²) in [4.78, 5) is 15.7. The molecule has 0 radical (unpaired) electrons. The second-order valence-electron chi connectivity index (χ2n) is 8.19. The number of fused-ring (bicyclic) bond motifs is 1. The Morgan fingerprint density at radius 1 is 0.943 bits per heavy atom. The van der Waals surface area contributed by atoms with E-state index in [2.05, 4.69) is 38.8 Å². The normalized spacial score (nSPS) is 12.3. The summed E-state index contributed by atoms with van der Waals surface area (Å²) in [6.07, 6.45) is 7.67. The summed E-state index contributed by atoms with van der Waals surface area (Å²) >= 11 is 0. The van der Waals surface area contributed by atoms with Gasteiger partial charge in [0.1, 0.15) is 22.9 Å². The van der Waals surface area contributed by atoms with E-state index < -0.39 is 0 Å². The van der Waals surface area contributed by atoms with Crippen molar-refractivity contribution in [1.82, 2.24) is 19.5 Å². The van der Waals surface area contributed by atoms with Crippen LogP contribution in [0.2, 0.25) is 0 Å². The summed E-state index contributed by atoms with van der Waals surface area (Å²) in [6, 6.07) is 12.1. The number of ether oxygens (including phenoxy) is 2. The lowest BCUT2D eigenvalue weighted by Gasteiger charge is -2.26. The third kappa shape index (κ3) is 5.72. The molecule has 0 amide bonds. The first-order chi connectivity index (χ1) is 17.1. The van der Waals surface area contributed by atoms with Crippen LogP contribution in [0.5, 0.6) is 11.5 Å². The van der Waals surface area contributed by atoms with E-state index in [0.717, 1.165) is 46.1 Å². The number of aryl methyl sites for hydroxylation is 1. The van der Waals surface area contributed by atoms with Crippen molar-refractivity contribution in [1.29, 1.82) is 0 Å². The van der Waals surface area contributed by atoms with Gasteiger partial charge < -0.3 is 18.9 Å². The largest absolute Gasteiger partial charge is 0.497 e. The van der Waals surface area contributed by atoms with Crippen LogP contribution in [0, 0.1) is 17.8 Å². The van der Waals surface area contributed by atoms with Gasteiger partial charge in [-0.2, -0.15) is 0 Å². The molecule has 0 aliphatic heterocycles. The molecule has 0 N–H and O–H groups in total. The van der Waals surface area contributed by atoms with Crippen LogP contribution < -0.4 is 14.4 Å². The zero-order chi connectivity index (χ0) is 24.8. The number of rotatable bonds is 6. The van der Waals surface area contributed by atoms with E-state index >= 15 is 0 Å². The van der Waals surface area contributed by atoms with Crippen LogP contribution >= 0.6 is 0 Å². The lowest BCUT2D eigenvalue weighted by Crippen LogP contribution is -2.20. The number of hydrogen-bond donors (Lipinski definition) is 0. The number of aromatic nitrogens is 4. The molecule has 1 saturated carbocycles. The maximum absolute atomic E-state index is 5.51. The summed E-state index contributed by atoms with van der Waals surface area (Å²) in [5, 5.41) is 0. The van der Waals surface area contributed by atoms with Crippen LogP contribution in [0.15, 0.2) is 55.1 Å². The van der Waals surface area contributed by atoms with Crippen LogP contribution in [-0.2, 0) is 7.05 Å². The van der Waals surface area contributed by atoms with Gasteiger partial charge in [-0.1, -0.05) is 13.8 Å². The summed E-state index contributed by atoms with van der Waals surface area (Å²) in [7, 11) is 5.25. The zero-order valence-electron chi connectivity index (χ0n) is 20.9. The van der Waals surface area contributed by atoms with Crippen molar-refractivity contribution >= 4 is 22.4 Å². The topological polar surface area (TPSA) is 65.3 Å². The fourth-order valence-corrected chi connectivity index (χ4v) is 3.70. The second-order valence-corrected chi connectivity index (χ2v) is 8.19. The van der Waals surface area contributed by atoms with Crippen molar-refractivity contribution < 1.29 is 9.47 Å². The van der Waals surface area contributed by atoms with Crippen LogP contribution in [0.3, 0.4) is 0 Å². The van der Waals surface area contributed by atoms with E-state index in [4.69, 9.17) is 14.5 Å². The van der Waals surface area contributed by atoms with E-state index in [0.29, 0.717) is 11.6 Å². The summed E-state index contributed by atoms with van der Waals surface area (Å²) in [6.45, 7) is 4.93. The molecule has 1 aliphatic rings. The van der Waals surface area contributed by atoms with Crippen molar-refractivity contribution in [2.24, 2.45) is 13.0 Å². The van der Waals surface area contributed by atoms with E-state index in [-0.39, 0.29) is 0 Å². The highest BCUT2D eigenvalue weighted by atomic mass is 16.5. The fourth-order valence-electron chi connectivity index (χ4n) is 3.70. The molecule has 180 valence electrons. The summed E-state index contributed by atoms with van der Waals surface area (Å²) in [5.74, 6) is 8.41. The molecular weight excluding hydrogens is 438 g/mol. The van der Waals surface area contributed by atoms with Crippen LogP contribution in [0.1, 0.15) is 38.1 Å². The Labute approximate surface area is 206 Å². The summed E-state index contributed by atoms with van der Waals surface area (Å²) < 4.78 is 12.9.